The highest BCUT2D eigenvalue weighted by Gasteiger charge is 2.22. The third-order valence-corrected chi connectivity index (χ3v) is 5.60. The minimum atomic E-state index is -0.594. The first-order chi connectivity index (χ1) is 14.5. The predicted molar refractivity (Wildman–Crippen MR) is 112 cm³/mol. The van der Waals surface area contributed by atoms with Gasteiger partial charge in [-0.25, -0.2) is 9.37 Å². The van der Waals surface area contributed by atoms with Crippen molar-refractivity contribution >= 4 is 11.7 Å². The lowest BCUT2D eigenvalue weighted by atomic mass is 10.0. The topological polar surface area (TPSA) is 64.0 Å². The Bertz CT molecular complexity index is 1090. The van der Waals surface area contributed by atoms with E-state index in [1.54, 1.807) is 29.1 Å². The normalized spacial score (nSPS) is 13.7. The van der Waals surface area contributed by atoms with Crippen LogP contribution in [0.1, 0.15) is 58.2 Å². The number of carbonyl (C=O) groups is 2. The molecule has 0 radical (unpaired) electrons. The molecule has 3 aromatic rings. The quantitative estimate of drug-likeness (QED) is 0.606. The number of Topliss-reactive ketones (excluding diaryl/α,β-unsaturated/α-hetero) is 1. The summed E-state index contributed by atoms with van der Waals surface area (Å²) < 4.78 is 15.5. The second kappa shape index (κ2) is 8.61. The van der Waals surface area contributed by atoms with E-state index >= 15 is 0 Å². The van der Waals surface area contributed by atoms with Gasteiger partial charge in [0, 0.05) is 37.8 Å². The Hall–Kier alpha value is -3.28. The molecule has 0 saturated carbocycles. The maximum atomic E-state index is 13.8. The van der Waals surface area contributed by atoms with E-state index in [0.29, 0.717) is 17.0 Å². The number of aryl methyl sites for hydroxylation is 3. The molecule has 1 N–H and O–H groups in total. The van der Waals surface area contributed by atoms with Gasteiger partial charge < -0.3 is 9.88 Å². The van der Waals surface area contributed by atoms with Gasteiger partial charge in [-0.1, -0.05) is 24.3 Å². The predicted octanol–water partition coefficient (Wildman–Crippen LogP) is 3.92. The van der Waals surface area contributed by atoms with E-state index in [0.717, 1.165) is 19.3 Å². The van der Waals surface area contributed by atoms with E-state index in [9.17, 15) is 14.0 Å². The number of rotatable bonds is 7. The van der Waals surface area contributed by atoms with E-state index in [1.165, 1.54) is 23.3 Å². The number of amides is 1. The van der Waals surface area contributed by atoms with E-state index < -0.39 is 6.04 Å². The summed E-state index contributed by atoms with van der Waals surface area (Å²) in [5, 5.41) is 2.91. The molecule has 1 amide bonds. The smallest absolute Gasteiger partial charge is 0.221 e. The highest BCUT2D eigenvalue weighted by molar-refractivity contribution is 5.98. The van der Waals surface area contributed by atoms with Crippen molar-refractivity contribution in [1.82, 2.24) is 14.9 Å². The maximum Gasteiger partial charge on any atom is 0.221 e. The van der Waals surface area contributed by atoms with Gasteiger partial charge in [0.25, 0.3) is 0 Å². The molecule has 1 atom stereocenters. The molecule has 4 rings (SSSR count). The van der Waals surface area contributed by atoms with Crippen LogP contribution < -0.4 is 5.32 Å². The van der Waals surface area contributed by atoms with E-state index in [4.69, 9.17) is 0 Å². The van der Waals surface area contributed by atoms with Gasteiger partial charge in [-0.3, -0.25) is 9.59 Å². The van der Waals surface area contributed by atoms with Crippen LogP contribution in [0, 0.1) is 5.82 Å². The summed E-state index contributed by atoms with van der Waals surface area (Å²) in [6.45, 7) is 0. The lowest BCUT2D eigenvalue weighted by molar-refractivity contribution is -0.121. The number of carbonyl (C=O) groups excluding carboxylic acids is 2. The van der Waals surface area contributed by atoms with Crippen molar-refractivity contribution in [2.24, 2.45) is 7.05 Å². The molecule has 6 heteroatoms. The maximum absolute atomic E-state index is 13.8. The first kappa shape index (κ1) is 20.0. The molecule has 0 fully saturated rings. The minimum Gasteiger partial charge on any atom is -0.342 e. The van der Waals surface area contributed by atoms with Crippen molar-refractivity contribution < 1.29 is 14.0 Å². The Morgan fingerprint density at radius 2 is 1.97 bits per heavy atom. The molecule has 0 spiro atoms. The lowest BCUT2D eigenvalue weighted by Crippen LogP contribution is -2.31. The number of imidazole rings is 1. The van der Waals surface area contributed by atoms with Gasteiger partial charge in [-0.2, -0.15) is 0 Å². The number of benzene rings is 2. The van der Waals surface area contributed by atoms with Crippen LogP contribution in [0.5, 0.6) is 0 Å². The number of aromatic nitrogens is 2. The van der Waals surface area contributed by atoms with Gasteiger partial charge >= 0.3 is 0 Å². The number of nitrogens with one attached hydrogen (secondary N) is 1. The number of hydrogen-bond donors (Lipinski definition) is 1. The molecule has 1 aromatic heterocycles. The fraction of sp³-hybridized carbons (Fsp3) is 0.292. The van der Waals surface area contributed by atoms with Crippen molar-refractivity contribution in [1.29, 1.82) is 0 Å². The summed E-state index contributed by atoms with van der Waals surface area (Å²) in [5.74, 6) is -0.104. The van der Waals surface area contributed by atoms with E-state index in [1.807, 2.05) is 25.2 Å². The SMILES string of the molecule is Cn1ccnc1C(NC(=O)CCC(=O)c1ccc2c(c1)CCC2)c1cccc(F)c1. The van der Waals surface area contributed by atoms with Crippen LogP contribution in [0.3, 0.4) is 0 Å². The monoisotopic (exact) mass is 405 g/mol. The molecule has 2 aromatic carbocycles. The third-order valence-electron chi connectivity index (χ3n) is 5.60. The second-order valence-electron chi connectivity index (χ2n) is 7.71. The zero-order valence-electron chi connectivity index (χ0n) is 16.9. The van der Waals surface area contributed by atoms with Crippen molar-refractivity contribution in [3.63, 3.8) is 0 Å². The Balaban J connectivity index is 1.44. The fourth-order valence-corrected chi connectivity index (χ4v) is 3.99. The number of fused-ring (bicyclic) bond motifs is 1. The van der Waals surface area contributed by atoms with Gasteiger partial charge in [0.15, 0.2) is 5.78 Å². The Morgan fingerprint density at radius 3 is 2.73 bits per heavy atom. The number of nitrogens with zero attached hydrogens (tertiary/aromatic N) is 2. The summed E-state index contributed by atoms with van der Waals surface area (Å²) >= 11 is 0. The molecule has 0 saturated heterocycles. The van der Waals surface area contributed by atoms with Gasteiger partial charge in [-0.05, 0) is 54.2 Å². The Morgan fingerprint density at radius 1 is 1.13 bits per heavy atom. The van der Waals surface area contributed by atoms with Crippen LogP contribution in [-0.4, -0.2) is 21.2 Å². The summed E-state index contributed by atoms with van der Waals surface area (Å²) in [4.78, 5) is 29.5. The van der Waals surface area contributed by atoms with Crippen molar-refractivity contribution in [2.45, 2.75) is 38.1 Å². The molecular formula is C24H24FN3O2. The molecule has 1 unspecified atom stereocenters. The molecule has 30 heavy (non-hydrogen) atoms. The van der Waals surface area contributed by atoms with Crippen molar-refractivity contribution in [3.8, 4) is 0 Å². The average molecular weight is 405 g/mol. The molecule has 0 aliphatic heterocycles. The van der Waals surface area contributed by atoms with Crippen molar-refractivity contribution in [2.75, 3.05) is 0 Å². The Labute approximate surface area is 175 Å². The second-order valence-corrected chi connectivity index (χ2v) is 7.71. The van der Waals surface area contributed by atoms with Crippen LogP contribution in [0.2, 0.25) is 0 Å². The van der Waals surface area contributed by atoms with E-state index in [-0.39, 0.29) is 30.3 Å². The molecule has 5 nitrogen and oxygen atoms in total. The first-order valence-corrected chi connectivity index (χ1v) is 10.2. The highest BCUT2D eigenvalue weighted by atomic mass is 19.1. The van der Waals surface area contributed by atoms with Gasteiger partial charge in [0.1, 0.15) is 17.7 Å². The fourth-order valence-electron chi connectivity index (χ4n) is 3.99. The molecule has 154 valence electrons. The summed E-state index contributed by atoms with van der Waals surface area (Å²) in [6, 6.07) is 11.3. The van der Waals surface area contributed by atoms with Crippen LogP contribution in [0.4, 0.5) is 4.39 Å². The highest BCUT2D eigenvalue weighted by Crippen LogP contribution is 2.24. The molecule has 1 aliphatic carbocycles. The zero-order valence-corrected chi connectivity index (χ0v) is 16.9. The lowest BCUT2D eigenvalue weighted by Gasteiger charge is -2.19. The number of ketones is 1. The van der Waals surface area contributed by atoms with Gasteiger partial charge in [0.05, 0.1) is 0 Å². The molecule has 0 bridgehead atoms. The number of halogens is 1. The van der Waals surface area contributed by atoms with Crippen LogP contribution in [0.25, 0.3) is 0 Å². The van der Waals surface area contributed by atoms with Gasteiger partial charge in [0.2, 0.25) is 5.91 Å². The molecular weight excluding hydrogens is 381 g/mol. The zero-order chi connectivity index (χ0) is 21.1. The van der Waals surface area contributed by atoms with E-state index in [2.05, 4.69) is 10.3 Å². The molecule has 1 heterocycles. The number of hydrogen-bond acceptors (Lipinski definition) is 3. The van der Waals surface area contributed by atoms with Crippen LogP contribution >= 0.6 is 0 Å². The Kier molecular flexibility index (Phi) is 5.74. The minimum absolute atomic E-state index is 0.0425. The standard InChI is InChI=1S/C24H24FN3O2/c1-28-13-12-26-24(28)23(19-6-3-7-20(25)15-19)27-22(30)11-10-21(29)18-9-8-16-4-2-5-17(16)14-18/h3,6-9,12-15,23H,2,4-5,10-11H2,1H3,(H,27,30). The van der Waals surface area contributed by atoms with Crippen LogP contribution in [-0.2, 0) is 24.7 Å². The summed E-state index contributed by atoms with van der Waals surface area (Å²) in [7, 11) is 1.82. The largest absolute Gasteiger partial charge is 0.342 e. The van der Waals surface area contributed by atoms with Crippen LogP contribution in [0.15, 0.2) is 54.9 Å². The first-order valence-electron chi connectivity index (χ1n) is 10.2. The third kappa shape index (κ3) is 4.32. The molecule has 1 aliphatic rings. The summed E-state index contributed by atoms with van der Waals surface area (Å²) in [6.07, 6.45) is 6.80. The van der Waals surface area contributed by atoms with Crippen molar-refractivity contribution in [3.05, 3.63) is 88.8 Å². The van der Waals surface area contributed by atoms with Gasteiger partial charge in [-0.15, -0.1) is 0 Å². The average Bonchev–Trinajstić information content (AvgIpc) is 3.38. The summed E-state index contributed by atoms with van der Waals surface area (Å²) in [5.41, 5.74) is 3.82.